The highest BCUT2D eigenvalue weighted by atomic mass is 127. The van der Waals surface area contributed by atoms with Crippen molar-refractivity contribution in [3.8, 4) is 5.75 Å². The average Bonchev–Trinajstić information content (AvgIpc) is 3.12. The van der Waals surface area contributed by atoms with Gasteiger partial charge in [-0.2, -0.15) is 5.10 Å². The Bertz CT molecular complexity index is 1230. The summed E-state index contributed by atoms with van der Waals surface area (Å²) in [5.41, 5.74) is 4.08. The van der Waals surface area contributed by atoms with E-state index in [0.717, 1.165) is 35.5 Å². The molecule has 1 heterocycles. The van der Waals surface area contributed by atoms with Gasteiger partial charge in [0.05, 0.1) is 16.9 Å². The minimum atomic E-state index is -0.405. The zero-order valence-electron chi connectivity index (χ0n) is 14.7. The molecule has 1 aromatic heterocycles. The van der Waals surface area contributed by atoms with Gasteiger partial charge >= 0.3 is 5.91 Å². The fraction of sp³-hybridized carbons (Fsp3) is 0.0476. The number of hydrazone groups is 1. The van der Waals surface area contributed by atoms with Gasteiger partial charge in [0.2, 0.25) is 0 Å². The van der Waals surface area contributed by atoms with E-state index in [1.54, 1.807) is 19.4 Å². The molecule has 4 rings (SSSR count). The van der Waals surface area contributed by atoms with Gasteiger partial charge in [0, 0.05) is 20.8 Å². The molecule has 0 bridgehead atoms. The second-order valence-electron chi connectivity index (χ2n) is 6.02. The summed E-state index contributed by atoms with van der Waals surface area (Å²) in [6, 6.07) is 17.2. The molecule has 0 aliphatic rings. The van der Waals surface area contributed by atoms with Crippen LogP contribution >= 0.6 is 38.5 Å². The first-order valence-electron chi connectivity index (χ1n) is 8.34. The molecule has 7 heteroatoms. The second kappa shape index (κ2) is 7.92. The maximum absolute atomic E-state index is 12.4. The van der Waals surface area contributed by atoms with Crippen molar-refractivity contribution < 1.29 is 13.9 Å². The molecule has 0 spiro atoms. The van der Waals surface area contributed by atoms with Crippen LogP contribution in [0.3, 0.4) is 0 Å². The summed E-state index contributed by atoms with van der Waals surface area (Å²) in [6.07, 6.45) is 1.61. The molecule has 1 N–H and O–H groups in total. The van der Waals surface area contributed by atoms with E-state index in [-0.39, 0.29) is 5.76 Å². The van der Waals surface area contributed by atoms with Crippen LogP contribution < -0.4 is 10.2 Å². The highest BCUT2D eigenvalue weighted by molar-refractivity contribution is 14.1. The summed E-state index contributed by atoms with van der Waals surface area (Å²) in [7, 11) is 1.64. The molecule has 0 radical (unpaired) electrons. The Kier molecular flexibility index (Phi) is 5.36. The van der Waals surface area contributed by atoms with Crippen molar-refractivity contribution in [1.82, 2.24) is 5.43 Å². The zero-order chi connectivity index (χ0) is 19.7. The number of hydrogen-bond acceptors (Lipinski definition) is 4. The number of hydrogen-bond donors (Lipinski definition) is 1. The molecule has 5 nitrogen and oxygen atoms in total. The van der Waals surface area contributed by atoms with Crippen LogP contribution in [0.1, 0.15) is 16.1 Å². The second-order valence-corrected chi connectivity index (χ2v) is 8.10. The third-order valence-electron chi connectivity index (χ3n) is 4.27. The number of carbonyl (C=O) groups excluding carboxylic acids is 1. The molecule has 0 atom stereocenters. The van der Waals surface area contributed by atoms with Gasteiger partial charge < -0.3 is 9.15 Å². The van der Waals surface area contributed by atoms with Gasteiger partial charge in [0.15, 0.2) is 5.76 Å². The predicted molar refractivity (Wildman–Crippen MR) is 122 cm³/mol. The van der Waals surface area contributed by atoms with Crippen molar-refractivity contribution in [2.45, 2.75) is 0 Å². The molecule has 0 aliphatic heterocycles. The highest BCUT2D eigenvalue weighted by Crippen LogP contribution is 2.29. The largest absolute Gasteiger partial charge is 0.496 e. The number of fused-ring (bicyclic) bond motifs is 2. The van der Waals surface area contributed by atoms with Crippen LogP contribution in [0.2, 0.25) is 0 Å². The third kappa shape index (κ3) is 3.64. The van der Waals surface area contributed by atoms with Gasteiger partial charge in [0.1, 0.15) is 11.3 Å². The fourth-order valence-electron chi connectivity index (χ4n) is 2.99. The smallest absolute Gasteiger partial charge is 0.307 e. The average molecular weight is 549 g/mol. The SMILES string of the molecule is COc1ccc(/C=N\NC(=O)c2cc3cc(Br)cc(I)c3o2)c2ccccc12. The van der Waals surface area contributed by atoms with Crippen molar-refractivity contribution in [3.05, 3.63) is 74.0 Å². The number of nitrogens with one attached hydrogen (secondary N) is 1. The standard InChI is InChI=1S/C21H14BrIN2O3/c1-27-18-7-6-12(15-4-2-3-5-16(15)18)11-24-25-21(26)19-9-13-8-14(22)10-17(23)20(13)28-19/h2-11H,1H3,(H,25,26)/b24-11-. The topological polar surface area (TPSA) is 63.8 Å². The first-order valence-corrected chi connectivity index (χ1v) is 10.2. The van der Waals surface area contributed by atoms with Crippen LogP contribution in [0.15, 0.2) is 68.6 Å². The van der Waals surface area contributed by atoms with Gasteiger partial charge in [-0.15, -0.1) is 0 Å². The van der Waals surface area contributed by atoms with E-state index >= 15 is 0 Å². The van der Waals surface area contributed by atoms with Crippen molar-refractivity contribution in [3.63, 3.8) is 0 Å². The number of halogens is 2. The lowest BCUT2D eigenvalue weighted by Crippen LogP contribution is -2.16. The minimum Gasteiger partial charge on any atom is -0.496 e. The number of furan rings is 1. The maximum Gasteiger partial charge on any atom is 0.307 e. The summed E-state index contributed by atoms with van der Waals surface area (Å²) >= 11 is 5.62. The Balaban J connectivity index is 1.58. The molecule has 0 fully saturated rings. The maximum atomic E-state index is 12.4. The van der Waals surface area contributed by atoms with E-state index < -0.39 is 5.91 Å². The Morgan fingerprint density at radius 1 is 1.18 bits per heavy atom. The first kappa shape index (κ1) is 18.9. The van der Waals surface area contributed by atoms with Gasteiger partial charge in [-0.25, -0.2) is 5.43 Å². The van der Waals surface area contributed by atoms with Gasteiger partial charge in [-0.05, 0) is 58.3 Å². The lowest BCUT2D eigenvalue weighted by atomic mass is 10.0. The van der Waals surface area contributed by atoms with Crippen molar-refractivity contribution in [1.29, 1.82) is 0 Å². The predicted octanol–water partition coefficient (Wildman–Crippen LogP) is 5.73. The summed E-state index contributed by atoms with van der Waals surface area (Å²) in [5, 5.41) is 6.93. The number of nitrogens with zero attached hydrogens (tertiary/aromatic N) is 1. The van der Waals surface area contributed by atoms with E-state index in [2.05, 4.69) is 49.0 Å². The van der Waals surface area contributed by atoms with E-state index in [4.69, 9.17) is 9.15 Å². The van der Waals surface area contributed by atoms with Crippen LogP contribution in [0.25, 0.3) is 21.7 Å². The lowest BCUT2D eigenvalue weighted by molar-refractivity contribution is 0.0929. The van der Waals surface area contributed by atoms with Gasteiger partial charge in [0.25, 0.3) is 0 Å². The molecule has 3 aromatic carbocycles. The van der Waals surface area contributed by atoms with Crippen molar-refractivity contribution >= 4 is 72.4 Å². The number of carbonyl (C=O) groups is 1. The first-order chi connectivity index (χ1) is 13.6. The van der Waals surface area contributed by atoms with E-state index in [1.807, 2.05) is 48.5 Å². The number of rotatable bonds is 4. The molecule has 1 amide bonds. The third-order valence-corrected chi connectivity index (χ3v) is 5.53. The summed E-state index contributed by atoms with van der Waals surface area (Å²) < 4.78 is 12.9. The van der Waals surface area contributed by atoms with Crippen LogP contribution in [0.4, 0.5) is 0 Å². The monoisotopic (exact) mass is 548 g/mol. The normalized spacial score (nSPS) is 11.4. The molecule has 28 heavy (non-hydrogen) atoms. The Hall–Kier alpha value is -2.39. The molecule has 0 aliphatic carbocycles. The van der Waals surface area contributed by atoms with Crippen LogP contribution in [-0.2, 0) is 0 Å². The highest BCUT2D eigenvalue weighted by Gasteiger charge is 2.14. The Morgan fingerprint density at radius 3 is 2.75 bits per heavy atom. The Morgan fingerprint density at radius 2 is 1.96 bits per heavy atom. The Labute approximate surface area is 183 Å². The molecule has 4 aromatic rings. The van der Waals surface area contributed by atoms with E-state index in [9.17, 15) is 4.79 Å². The molecule has 140 valence electrons. The fourth-order valence-corrected chi connectivity index (χ4v) is 4.65. The molecular weight excluding hydrogens is 535 g/mol. The molecule has 0 saturated carbocycles. The molecule has 0 saturated heterocycles. The van der Waals surface area contributed by atoms with Crippen LogP contribution in [0, 0.1) is 3.57 Å². The van der Waals surface area contributed by atoms with E-state index in [1.165, 1.54) is 0 Å². The van der Waals surface area contributed by atoms with Gasteiger partial charge in [-0.1, -0.05) is 40.2 Å². The van der Waals surface area contributed by atoms with Gasteiger partial charge in [-0.3, -0.25) is 4.79 Å². The zero-order valence-corrected chi connectivity index (χ0v) is 18.4. The summed E-state index contributed by atoms with van der Waals surface area (Å²) in [5.74, 6) is 0.597. The van der Waals surface area contributed by atoms with Crippen molar-refractivity contribution in [2.24, 2.45) is 5.10 Å². The summed E-state index contributed by atoms with van der Waals surface area (Å²) in [6.45, 7) is 0. The number of ether oxygens (including phenoxy) is 1. The van der Waals surface area contributed by atoms with E-state index in [0.29, 0.717) is 5.58 Å². The number of methoxy groups -OCH3 is 1. The minimum absolute atomic E-state index is 0.211. The van der Waals surface area contributed by atoms with Crippen LogP contribution in [0.5, 0.6) is 5.75 Å². The van der Waals surface area contributed by atoms with Crippen molar-refractivity contribution in [2.75, 3.05) is 7.11 Å². The van der Waals surface area contributed by atoms with Crippen LogP contribution in [-0.4, -0.2) is 19.2 Å². The lowest BCUT2D eigenvalue weighted by Gasteiger charge is -2.07. The molecule has 0 unspecified atom stereocenters. The summed E-state index contributed by atoms with van der Waals surface area (Å²) in [4.78, 5) is 12.4. The quantitative estimate of drug-likeness (QED) is 0.201. The molecular formula is C21H14BrIN2O3. The number of amides is 1. The number of benzene rings is 3.